The number of aryl methyl sites for hydroxylation is 1. The Bertz CT molecular complexity index is 1370. The van der Waals surface area contributed by atoms with Crippen LogP contribution in [0.3, 0.4) is 0 Å². The zero-order valence-corrected chi connectivity index (χ0v) is 19.0. The van der Waals surface area contributed by atoms with Crippen molar-refractivity contribution in [1.29, 1.82) is 0 Å². The second-order valence-corrected chi connectivity index (χ2v) is 9.74. The Morgan fingerprint density at radius 2 is 1.82 bits per heavy atom. The first kappa shape index (κ1) is 19.8. The molecule has 2 aliphatic heterocycles. The van der Waals surface area contributed by atoms with Gasteiger partial charge < -0.3 is 15.5 Å². The van der Waals surface area contributed by atoms with Gasteiger partial charge in [0.15, 0.2) is 17.0 Å². The monoisotopic (exact) mass is 453 g/mol. The van der Waals surface area contributed by atoms with Crippen LogP contribution in [0.25, 0.3) is 11.2 Å². The molecule has 9 nitrogen and oxygen atoms in total. The summed E-state index contributed by atoms with van der Waals surface area (Å²) in [7, 11) is 0. The van der Waals surface area contributed by atoms with Crippen molar-refractivity contribution < 1.29 is 0 Å². The summed E-state index contributed by atoms with van der Waals surface area (Å²) in [6.07, 6.45) is 10.7. The van der Waals surface area contributed by atoms with E-state index >= 15 is 0 Å². The topological polar surface area (TPSA) is 113 Å². The number of nitrogens with two attached hydrogens (primary N) is 1. The molecule has 3 N–H and O–H groups in total. The maximum absolute atomic E-state index is 6.71. The Morgan fingerprint density at radius 1 is 1.00 bits per heavy atom. The van der Waals surface area contributed by atoms with Gasteiger partial charge in [0.25, 0.3) is 0 Å². The molecule has 0 unspecified atom stereocenters. The van der Waals surface area contributed by atoms with Gasteiger partial charge in [0.2, 0.25) is 0 Å². The van der Waals surface area contributed by atoms with Gasteiger partial charge in [0.05, 0.1) is 17.6 Å². The molecule has 1 atom stereocenters. The van der Waals surface area contributed by atoms with Gasteiger partial charge in [-0.15, -0.1) is 0 Å². The van der Waals surface area contributed by atoms with Gasteiger partial charge >= 0.3 is 0 Å². The molecule has 172 valence electrons. The summed E-state index contributed by atoms with van der Waals surface area (Å²) in [6.45, 7) is 2.72. The first-order valence-electron chi connectivity index (χ1n) is 12.1. The number of piperidine rings is 1. The lowest BCUT2D eigenvalue weighted by Gasteiger charge is -2.42. The van der Waals surface area contributed by atoms with Crippen LogP contribution in [0, 0.1) is 5.41 Å². The Morgan fingerprint density at radius 3 is 2.68 bits per heavy atom. The van der Waals surface area contributed by atoms with Gasteiger partial charge in [-0.25, -0.2) is 9.97 Å². The third-order valence-corrected chi connectivity index (χ3v) is 7.97. The average Bonchev–Trinajstić information content (AvgIpc) is 3.43. The zero-order chi connectivity index (χ0) is 22.7. The number of nitrogens with one attached hydrogen (secondary N) is 1. The Balaban J connectivity index is 1.13. The number of pyridine rings is 2. The van der Waals surface area contributed by atoms with Crippen molar-refractivity contribution in [1.82, 2.24) is 30.1 Å². The fourth-order valence-corrected chi connectivity index (χ4v) is 6.06. The highest BCUT2D eigenvalue weighted by molar-refractivity contribution is 5.87. The van der Waals surface area contributed by atoms with E-state index in [1.54, 1.807) is 0 Å². The van der Waals surface area contributed by atoms with E-state index < -0.39 is 0 Å². The molecule has 4 aromatic heterocycles. The second kappa shape index (κ2) is 7.46. The minimum atomic E-state index is 0.0592. The van der Waals surface area contributed by atoms with Crippen LogP contribution < -0.4 is 15.5 Å². The van der Waals surface area contributed by atoms with E-state index in [9.17, 15) is 0 Å². The van der Waals surface area contributed by atoms with E-state index in [1.807, 2.05) is 30.7 Å². The van der Waals surface area contributed by atoms with E-state index in [4.69, 9.17) is 15.7 Å². The van der Waals surface area contributed by atoms with Crippen LogP contribution in [0.1, 0.15) is 42.3 Å². The normalized spacial score (nSPS) is 21.1. The molecule has 0 radical (unpaired) electrons. The third-order valence-electron chi connectivity index (χ3n) is 7.97. The average molecular weight is 454 g/mol. The van der Waals surface area contributed by atoms with Gasteiger partial charge in [-0.05, 0) is 61.3 Å². The smallest absolute Gasteiger partial charge is 0.183 e. The van der Waals surface area contributed by atoms with Crippen molar-refractivity contribution in [3.63, 3.8) is 0 Å². The van der Waals surface area contributed by atoms with Crippen molar-refractivity contribution in [2.75, 3.05) is 29.4 Å². The maximum Gasteiger partial charge on any atom is 0.183 e. The van der Waals surface area contributed by atoms with Crippen LogP contribution in [0.15, 0.2) is 42.9 Å². The summed E-state index contributed by atoms with van der Waals surface area (Å²) in [6, 6.07) is 8.28. The first-order chi connectivity index (χ1) is 16.7. The molecular weight excluding hydrogens is 426 g/mol. The largest absolute Gasteiger partial charge is 0.355 e. The number of anilines is 3. The number of aromatic amines is 1. The van der Waals surface area contributed by atoms with Crippen LogP contribution in [0.2, 0.25) is 0 Å². The molecule has 1 spiro atoms. The molecule has 34 heavy (non-hydrogen) atoms. The van der Waals surface area contributed by atoms with Gasteiger partial charge in [-0.1, -0.05) is 6.07 Å². The fourth-order valence-electron chi connectivity index (χ4n) is 6.06. The summed E-state index contributed by atoms with van der Waals surface area (Å²) < 4.78 is 0. The molecule has 9 heteroatoms. The molecule has 0 bridgehead atoms. The molecule has 1 fully saturated rings. The van der Waals surface area contributed by atoms with Crippen LogP contribution in [0.5, 0.6) is 0 Å². The highest BCUT2D eigenvalue weighted by atomic mass is 15.3. The second-order valence-electron chi connectivity index (χ2n) is 9.74. The highest BCUT2D eigenvalue weighted by Gasteiger charge is 2.46. The maximum atomic E-state index is 6.71. The Kier molecular flexibility index (Phi) is 4.35. The molecule has 7 rings (SSSR count). The Hall–Kier alpha value is -3.59. The molecule has 0 aromatic carbocycles. The molecule has 0 amide bonds. The van der Waals surface area contributed by atoms with Crippen molar-refractivity contribution in [2.45, 2.75) is 38.1 Å². The van der Waals surface area contributed by atoms with Gasteiger partial charge in [0.1, 0.15) is 5.82 Å². The summed E-state index contributed by atoms with van der Waals surface area (Å²) in [5.41, 5.74) is 12.9. The summed E-state index contributed by atoms with van der Waals surface area (Å²) in [5.74, 6) is 1.71. The molecule has 3 aliphatic rings. The van der Waals surface area contributed by atoms with Crippen LogP contribution in [0.4, 0.5) is 17.3 Å². The highest BCUT2D eigenvalue weighted by Crippen LogP contribution is 2.50. The molecule has 1 saturated heterocycles. The molecule has 1 aliphatic carbocycles. The number of rotatable bonds is 2. The van der Waals surface area contributed by atoms with Crippen LogP contribution in [-0.2, 0) is 12.8 Å². The first-order valence-corrected chi connectivity index (χ1v) is 12.1. The summed E-state index contributed by atoms with van der Waals surface area (Å²) >= 11 is 0. The van der Waals surface area contributed by atoms with E-state index in [-0.39, 0.29) is 11.5 Å². The fraction of sp³-hybridized carbons (Fsp3) is 0.400. The van der Waals surface area contributed by atoms with E-state index in [1.165, 1.54) is 11.3 Å². The lowest BCUT2D eigenvalue weighted by molar-refractivity contribution is 0.186. The van der Waals surface area contributed by atoms with Crippen LogP contribution in [-0.4, -0.2) is 49.8 Å². The van der Waals surface area contributed by atoms with Gasteiger partial charge in [0, 0.05) is 43.8 Å². The van der Waals surface area contributed by atoms with Crippen molar-refractivity contribution in [2.24, 2.45) is 11.1 Å². The van der Waals surface area contributed by atoms with Crippen molar-refractivity contribution in [3.05, 3.63) is 59.8 Å². The summed E-state index contributed by atoms with van der Waals surface area (Å²) in [5, 5.41) is 7.72. The van der Waals surface area contributed by atoms with Gasteiger partial charge in [-0.2, -0.15) is 5.10 Å². The minimum absolute atomic E-state index is 0.0592. The standard InChI is InChI=1S/C25H27N9/c26-22-16-4-1-9-28-18(16)14-25(22)7-12-33(13-8-25)20-15-29-21-23(30-20)31-32-24(21)34-11-3-5-17-19(34)6-2-10-27-17/h1-2,4,6,9-10,15,22H,3,5,7-8,11-14,26H2,(H,30,31,32)/t22-/m1/s1. The zero-order valence-electron chi connectivity index (χ0n) is 19.0. The minimum Gasteiger partial charge on any atom is -0.355 e. The quantitative estimate of drug-likeness (QED) is 0.476. The van der Waals surface area contributed by atoms with Crippen LogP contribution >= 0.6 is 0 Å². The molecule has 4 aromatic rings. The number of nitrogens with zero attached hydrogens (tertiary/aromatic N) is 7. The number of hydrogen-bond acceptors (Lipinski definition) is 8. The molecular formula is C25H27N9. The summed E-state index contributed by atoms with van der Waals surface area (Å²) in [4.78, 5) is 23.4. The third kappa shape index (κ3) is 2.93. The molecule has 6 heterocycles. The lowest BCUT2D eigenvalue weighted by Crippen LogP contribution is -2.44. The number of H-pyrrole nitrogens is 1. The van der Waals surface area contributed by atoms with E-state index in [2.05, 4.69) is 42.1 Å². The van der Waals surface area contributed by atoms with Crippen molar-refractivity contribution >= 4 is 28.5 Å². The predicted molar refractivity (Wildman–Crippen MR) is 130 cm³/mol. The van der Waals surface area contributed by atoms with Crippen molar-refractivity contribution in [3.8, 4) is 0 Å². The lowest BCUT2D eigenvalue weighted by atomic mass is 9.73. The number of fused-ring (bicyclic) bond motifs is 3. The van der Waals surface area contributed by atoms with Gasteiger partial charge in [-0.3, -0.25) is 15.1 Å². The predicted octanol–water partition coefficient (Wildman–Crippen LogP) is 3.07. The SMILES string of the molecule is N[C@@H]1c2cccnc2CC12CCN(c1cnc3c(N4CCCc5ncccc54)n[nH]c3n1)CC2. The van der Waals surface area contributed by atoms with E-state index in [0.29, 0.717) is 0 Å². The number of hydrogen-bond donors (Lipinski definition) is 2. The number of aromatic nitrogens is 6. The van der Waals surface area contributed by atoms with E-state index in [0.717, 1.165) is 85.9 Å². The Labute approximate surface area is 197 Å². The molecule has 0 saturated carbocycles.